The van der Waals surface area contributed by atoms with Gasteiger partial charge in [0.25, 0.3) is 5.91 Å². The van der Waals surface area contributed by atoms with Crippen LogP contribution in [0.3, 0.4) is 0 Å². The maximum Gasteiger partial charge on any atom is 0.260 e. The Balaban J connectivity index is 1.12. The van der Waals surface area contributed by atoms with E-state index in [1.54, 1.807) is 0 Å². The molecule has 5 heteroatoms. The Morgan fingerprint density at radius 1 is 0.946 bits per heavy atom. The van der Waals surface area contributed by atoms with Crippen molar-refractivity contribution in [2.75, 3.05) is 19.7 Å². The molecule has 2 unspecified atom stereocenters. The number of piperazine rings is 1. The van der Waals surface area contributed by atoms with Gasteiger partial charge in [-0.15, -0.1) is 0 Å². The highest BCUT2D eigenvalue weighted by molar-refractivity contribution is 5.78. The number of ether oxygens (including phenoxy) is 1. The number of rotatable bonds is 6. The molecule has 1 aliphatic heterocycles. The van der Waals surface area contributed by atoms with E-state index < -0.39 is 0 Å². The van der Waals surface area contributed by atoms with Gasteiger partial charge in [-0.3, -0.25) is 9.69 Å². The zero-order valence-electron chi connectivity index (χ0n) is 22.6. The fourth-order valence-corrected chi connectivity index (χ4v) is 8.44. The minimum atomic E-state index is -0.208. The molecule has 7 rings (SSSR count). The molecular weight excluding hydrogens is 463 g/mol. The molecule has 198 valence electrons. The molecule has 37 heavy (non-hydrogen) atoms. The lowest BCUT2D eigenvalue weighted by Gasteiger charge is -2.57. The summed E-state index contributed by atoms with van der Waals surface area (Å²) >= 11 is 0. The van der Waals surface area contributed by atoms with Gasteiger partial charge in [-0.25, -0.2) is 4.39 Å². The molecule has 0 aromatic heterocycles. The molecule has 4 saturated carbocycles. The van der Waals surface area contributed by atoms with Crippen LogP contribution < -0.4 is 4.74 Å². The van der Waals surface area contributed by atoms with Crippen molar-refractivity contribution in [3.8, 4) is 5.75 Å². The Morgan fingerprint density at radius 3 is 2.24 bits per heavy atom. The quantitative estimate of drug-likeness (QED) is 0.476. The first-order chi connectivity index (χ1) is 17.8. The van der Waals surface area contributed by atoms with Crippen LogP contribution >= 0.6 is 0 Å². The summed E-state index contributed by atoms with van der Waals surface area (Å²) in [5.74, 6) is 3.40. The molecule has 4 aliphatic carbocycles. The van der Waals surface area contributed by atoms with E-state index in [0.717, 1.165) is 42.2 Å². The van der Waals surface area contributed by atoms with Gasteiger partial charge in [0.15, 0.2) is 6.61 Å². The topological polar surface area (TPSA) is 32.8 Å². The second-order valence-corrected chi connectivity index (χ2v) is 12.8. The third-order valence-corrected chi connectivity index (χ3v) is 9.83. The van der Waals surface area contributed by atoms with Crippen LogP contribution in [0.25, 0.3) is 0 Å². The lowest BCUT2D eigenvalue weighted by Crippen LogP contribution is -2.58. The number of carbonyl (C=O) groups excluding carboxylic acids is 1. The van der Waals surface area contributed by atoms with Crippen molar-refractivity contribution in [3.63, 3.8) is 0 Å². The third-order valence-electron chi connectivity index (χ3n) is 9.83. The summed E-state index contributed by atoms with van der Waals surface area (Å²) in [6.07, 6.45) is 8.13. The molecule has 2 atom stereocenters. The average Bonchev–Trinajstić information content (AvgIpc) is 2.85. The fourth-order valence-electron chi connectivity index (χ4n) is 8.44. The standard InChI is InChI=1S/C32H41FN2O2/c1-21-4-9-30(29(10-21)32-14-25-11-26(15-32)13-27(12-25)16-32)37-20-31(36)35-18-22(2)34(17-23(35)3)19-24-5-7-28(33)8-6-24/h4-10,22-23,25-27H,11-20H2,1-3H3. The van der Waals surface area contributed by atoms with Gasteiger partial charge in [0, 0.05) is 37.3 Å². The normalized spacial score (nSPS) is 33.1. The molecule has 5 fully saturated rings. The maximum absolute atomic E-state index is 13.4. The molecule has 0 radical (unpaired) electrons. The van der Waals surface area contributed by atoms with Gasteiger partial charge in [0.2, 0.25) is 0 Å². The van der Waals surface area contributed by atoms with Crippen LogP contribution in [-0.2, 0) is 16.8 Å². The number of hydrogen-bond acceptors (Lipinski definition) is 3. The van der Waals surface area contributed by atoms with Crippen LogP contribution in [0.5, 0.6) is 5.75 Å². The highest BCUT2D eigenvalue weighted by Gasteiger charge is 2.52. The Morgan fingerprint density at radius 2 is 1.59 bits per heavy atom. The number of carbonyl (C=O) groups is 1. The van der Waals surface area contributed by atoms with Crippen molar-refractivity contribution in [3.05, 3.63) is 65.0 Å². The maximum atomic E-state index is 13.4. The predicted octanol–water partition coefficient (Wildman–Crippen LogP) is 6.10. The number of amides is 1. The van der Waals surface area contributed by atoms with Crippen molar-refractivity contribution in [2.45, 2.75) is 83.3 Å². The van der Waals surface area contributed by atoms with Crippen LogP contribution in [0.15, 0.2) is 42.5 Å². The number of halogens is 1. The lowest BCUT2D eigenvalue weighted by molar-refractivity contribution is -0.139. The number of nitrogens with zero attached hydrogens (tertiary/aromatic N) is 2. The van der Waals surface area contributed by atoms with Gasteiger partial charge in [0.1, 0.15) is 11.6 Å². The SMILES string of the molecule is Cc1ccc(OCC(=O)N2CC(C)N(Cc3ccc(F)cc3)CC2C)c(C23CC4CC(CC(C4)C2)C3)c1. The Kier molecular flexibility index (Phi) is 6.55. The van der Waals surface area contributed by atoms with Crippen molar-refractivity contribution in [2.24, 2.45) is 17.8 Å². The average molecular weight is 505 g/mol. The van der Waals surface area contributed by atoms with E-state index in [1.165, 1.54) is 61.8 Å². The third kappa shape index (κ3) is 4.92. The number of benzene rings is 2. The van der Waals surface area contributed by atoms with E-state index in [9.17, 15) is 9.18 Å². The van der Waals surface area contributed by atoms with Crippen molar-refractivity contribution in [1.82, 2.24) is 9.80 Å². The van der Waals surface area contributed by atoms with Crippen molar-refractivity contribution in [1.29, 1.82) is 0 Å². The van der Waals surface area contributed by atoms with Gasteiger partial charge >= 0.3 is 0 Å². The van der Waals surface area contributed by atoms with Crippen LogP contribution in [0.1, 0.15) is 69.1 Å². The molecule has 1 heterocycles. The summed E-state index contributed by atoms with van der Waals surface area (Å²) < 4.78 is 19.7. The molecule has 2 aromatic carbocycles. The highest BCUT2D eigenvalue weighted by Crippen LogP contribution is 2.62. The first-order valence-corrected chi connectivity index (χ1v) is 14.3. The monoisotopic (exact) mass is 504 g/mol. The van der Waals surface area contributed by atoms with E-state index >= 15 is 0 Å². The first kappa shape index (κ1) is 24.9. The lowest BCUT2D eigenvalue weighted by atomic mass is 9.48. The Labute approximate surface area is 221 Å². The van der Waals surface area contributed by atoms with Gasteiger partial charge in [-0.2, -0.15) is 0 Å². The summed E-state index contributed by atoms with van der Waals surface area (Å²) in [5, 5.41) is 0. The first-order valence-electron chi connectivity index (χ1n) is 14.3. The summed E-state index contributed by atoms with van der Waals surface area (Å²) in [4.78, 5) is 17.8. The minimum absolute atomic E-state index is 0.0674. The summed E-state index contributed by atoms with van der Waals surface area (Å²) in [7, 11) is 0. The Bertz CT molecular complexity index is 1110. The van der Waals surface area contributed by atoms with Crippen LogP contribution in [0.2, 0.25) is 0 Å². The largest absolute Gasteiger partial charge is 0.483 e. The van der Waals surface area contributed by atoms with Gasteiger partial charge in [0.05, 0.1) is 0 Å². The van der Waals surface area contributed by atoms with Crippen LogP contribution in [0, 0.1) is 30.5 Å². The van der Waals surface area contributed by atoms with Crippen LogP contribution in [-0.4, -0.2) is 47.5 Å². The van der Waals surface area contributed by atoms with E-state index in [0.29, 0.717) is 6.54 Å². The summed E-state index contributed by atoms with van der Waals surface area (Å²) in [5.41, 5.74) is 3.99. The van der Waals surface area contributed by atoms with Gasteiger partial charge in [-0.05, 0) is 106 Å². The zero-order chi connectivity index (χ0) is 25.7. The molecule has 2 aromatic rings. The molecule has 0 spiro atoms. The second-order valence-electron chi connectivity index (χ2n) is 12.8. The summed E-state index contributed by atoms with van der Waals surface area (Å²) in [6.45, 7) is 8.80. The van der Waals surface area contributed by atoms with E-state index in [2.05, 4.69) is 43.9 Å². The minimum Gasteiger partial charge on any atom is -0.483 e. The van der Waals surface area contributed by atoms with Gasteiger partial charge in [-0.1, -0.05) is 29.8 Å². The molecule has 1 saturated heterocycles. The second kappa shape index (κ2) is 9.72. The number of hydrogen-bond donors (Lipinski definition) is 0. The van der Waals surface area contributed by atoms with Crippen molar-refractivity contribution >= 4 is 5.91 Å². The zero-order valence-corrected chi connectivity index (χ0v) is 22.6. The fraction of sp³-hybridized carbons (Fsp3) is 0.594. The van der Waals surface area contributed by atoms with Gasteiger partial charge < -0.3 is 9.64 Å². The molecule has 4 nitrogen and oxygen atoms in total. The summed E-state index contributed by atoms with van der Waals surface area (Å²) in [6, 6.07) is 13.7. The molecular formula is C32H41FN2O2. The molecule has 1 amide bonds. The van der Waals surface area contributed by atoms with E-state index in [-0.39, 0.29) is 35.8 Å². The highest BCUT2D eigenvalue weighted by atomic mass is 19.1. The van der Waals surface area contributed by atoms with E-state index in [4.69, 9.17) is 4.74 Å². The molecule has 0 N–H and O–H groups in total. The molecule has 5 aliphatic rings. The van der Waals surface area contributed by atoms with Crippen molar-refractivity contribution < 1.29 is 13.9 Å². The smallest absolute Gasteiger partial charge is 0.260 e. The number of aryl methyl sites for hydroxylation is 1. The van der Waals surface area contributed by atoms with E-state index in [1.807, 2.05) is 17.0 Å². The Hall–Kier alpha value is -2.40. The predicted molar refractivity (Wildman–Crippen MR) is 144 cm³/mol. The molecule has 4 bridgehead atoms. The van der Waals surface area contributed by atoms with Crippen LogP contribution in [0.4, 0.5) is 4.39 Å².